The maximum Gasteiger partial charge on any atom is 0.220 e. The van der Waals surface area contributed by atoms with E-state index in [2.05, 4.69) is 19.2 Å². The number of amides is 1. The summed E-state index contributed by atoms with van der Waals surface area (Å²) in [7, 11) is 3.21. The van der Waals surface area contributed by atoms with Crippen LogP contribution in [0.1, 0.15) is 39.2 Å². The molecule has 130 valence electrons. The third kappa shape index (κ3) is 6.10. The third-order valence-corrected chi connectivity index (χ3v) is 3.84. The summed E-state index contributed by atoms with van der Waals surface area (Å²) in [6.07, 6.45) is 1.93. The lowest BCUT2D eigenvalue weighted by Gasteiger charge is -2.31. The van der Waals surface area contributed by atoms with Crippen molar-refractivity contribution in [3.63, 3.8) is 0 Å². The SMILES string of the molecule is COc1ccc(CCC(=O)NC(C)(CN)CC(C)C)cc1OC. The van der Waals surface area contributed by atoms with E-state index >= 15 is 0 Å². The second-order valence-electron chi connectivity index (χ2n) is 6.60. The summed E-state index contributed by atoms with van der Waals surface area (Å²) in [5, 5.41) is 3.08. The second-order valence-corrected chi connectivity index (χ2v) is 6.60. The summed E-state index contributed by atoms with van der Waals surface area (Å²) in [5.41, 5.74) is 6.53. The van der Waals surface area contributed by atoms with Crippen molar-refractivity contribution in [3.8, 4) is 11.5 Å². The zero-order valence-electron chi connectivity index (χ0n) is 14.9. The molecule has 0 radical (unpaired) electrons. The van der Waals surface area contributed by atoms with E-state index in [1.807, 2.05) is 25.1 Å². The highest BCUT2D eigenvalue weighted by molar-refractivity contribution is 5.77. The van der Waals surface area contributed by atoms with Crippen LogP contribution >= 0.6 is 0 Å². The smallest absolute Gasteiger partial charge is 0.220 e. The Kier molecular flexibility index (Phi) is 7.36. The average molecular weight is 322 g/mol. The van der Waals surface area contributed by atoms with Crippen LogP contribution in [0, 0.1) is 5.92 Å². The summed E-state index contributed by atoms with van der Waals surface area (Å²) in [4.78, 5) is 12.2. The zero-order chi connectivity index (χ0) is 17.5. The molecule has 1 amide bonds. The summed E-state index contributed by atoms with van der Waals surface area (Å²) in [6, 6.07) is 5.71. The molecule has 1 atom stereocenters. The lowest BCUT2D eigenvalue weighted by atomic mass is 9.90. The topological polar surface area (TPSA) is 73.6 Å². The Morgan fingerprint density at radius 2 is 1.91 bits per heavy atom. The molecule has 3 N–H and O–H groups in total. The first-order valence-corrected chi connectivity index (χ1v) is 8.05. The van der Waals surface area contributed by atoms with Gasteiger partial charge >= 0.3 is 0 Å². The Morgan fingerprint density at radius 1 is 1.26 bits per heavy atom. The number of methoxy groups -OCH3 is 2. The average Bonchev–Trinajstić information content (AvgIpc) is 2.51. The molecule has 0 fully saturated rings. The van der Waals surface area contributed by atoms with Gasteiger partial charge in [0.1, 0.15) is 0 Å². The largest absolute Gasteiger partial charge is 0.493 e. The first-order valence-electron chi connectivity index (χ1n) is 8.05. The molecule has 0 aliphatic heterocycles. The molecule has 23 heavy (non-hydrogen) atoms. The fourth-order valence-corrected chi connectivity index (χ4v) is 2.78. The van der Waals surface area contributed by atoms with Gasteiger partial charge in [-0.25, -0.2) is 0 Å². The quantitative estimate of drug-likeness (QED) is 0.732. The van der Waals surface area contributed by atoms with Gasteiger partial charge in [-0.2, -0.15) is 0 Å². The number of carbonyl (C=O) groups excluding carboxylic acids is 1. The standard InChI is InChI=1S/C18H30N2O3/c1-13(2)11-18(3,12-19)20-17(21)9-7-14-6-8-15(22-4)16(10-14)23-5/h6,8,10,13H,7,9,11-12,19H2,1-5H3,(H,20,21). The van der Waals surface area contributed by atoms with E-state index in [0.717, 1.165) is 12.0 Å². The van der Waals surface area contributed by atoms with E-state index in [1.165, 1.54) is 0 Å². The van der Waals surface area contributed by atoms with Crippen molar-refractivity contribution in [2.45, 2.75) is 45.6 Å². The molecule has 0 aromatic heterocycles. The van der Waals surface area contributed by atoms with Crippen LogP contribution in [0.15, 0.2) is 18.2 Å². The van der Waals surface area contributed by atoms with Crippen molar-refractivity contribution in [3.05, 3.63) is 23.8 Å². The van der Waals surface area contributed by atoms with Crippen molar-refractivity contribution < 1.29 is 14.3 Å². The first-order chi connectivity index (χ1) is 10.8. The lowest BCUT2D eigenvalue weighted by Crippen LogP contribution is -2.52. The number of rotatable bonds is 9. The minimum atomic E-state index is -0.344. The van der Waals surface area contributed by atoms with E-state index in [0.29, 0.717) is 36.8 Å². The van der Waals surface area contributed by atoms with Gasteiger partial charge in [-0.3, -0.25) is 4.79 Å². The Morgan fingerprint density at radius 3 is 2.43 bits per heavy atom. The molecule has 0 saturated carbocycles. The number of hydrogen-bond acceptors (Lipinski definition) is 4. The van der Waals surface area contributed by atoms with Crippen molar-refractivity contribution in [2.24, 2.45) is 11.7 Å². The minimum Gasteiger partial charge on any atom is -0.493 e. The van der Waals surface area contributed by atoms with E-state index in [9.17, 15) is 4.79 Å². The highest BCUT2D eigenvalue weighted by atomic mass is 16.5. The molecular weight excluding hydrogens is 292 g/mol. The van der Waals surface area contributed by atoms with Crippen LogP contribution in [-0.2, 0) is 11.2 Å². The minimum absolute atomic E-state index is 0.0217. The van der Waals surface area contributed by atoms with Gasteiger partial charge in [0, 0.05) is 18.5 Å². The lowest BCUT2D eigenvalue weighted by molar-refractivity contribution is -0.122. The van der Waals surface area contributed by atoms with Gasteiger partial charge in [0.05, 0.1) is 14.2 Å². The van der Waals surface area contributed by atoms with Gasteiger partial charge in [0.25, 0.3) is 0 Å². The summed E-state index contributed by atoms with van der Waals surface area (Å²) >= 11 is 0. The maximum absolute atomic E-state index is 12.2. The number of ether oxygens (including phenoxy) is 2. The monoisotopic (exact) mass is 322 g/mol. The van der Waals surface area contributed by atoms with Crippen molar-refractivity contribution >= 4 is 5.91 Å². The molecule has 0 saturated heterocycles. The molecule has 0 heterocycles. The van der Waals surface area contributed by atoms with Gasteiger partial charge in [-0.05, 0) is 43.4 Å². The van der Waals surface area contributed by atoms with Gasteiger partial charge in [0.15, 0.2) is 11.5 Å². The highest BCUT2D eigenvalue weighted by Crippen LogP contribution is 2.28. The van der Waals surface area contributed by atoms with Crippen molar-refractivity contribution in [1.82, 2.24) is 5.32 Å². The zero-order valence-corrected chi connectivity index (χ0v) is 14.9. The normalized spacial score (nSPS) is 13.5. The third-order valence-electron chi connectivity index (χ3n) is 3.84. The van der Waals surface area contributed by atoms with Crippen molar-refractivity contribution in [2.75, 3.05) is 20.8 Å². The van der Waals surface area contributed by atoms with Crippen LogP contribution in [0.4, 0.5) is 0 Å². The fraction of sp³-hybridized carbons (Fsp3) is 0.611. The fourth-order valence-electron chi connectivity index (χ4n) is 2.78. The van der Waals surface area contributed by atoms with Gasteiger partial charge in [-0.15, -0.1) is 0 Å². The molecule has 0 aliphatic rings. The number of aryl methyl sites for hydroxylation is 1. The number of hydrogen-bond donors (Lipinski definition) is 2. The maximum atomic E-state index is 12.2. The molecule has 0 spiro atoms. The van der Waals surface area contributed by atoms with Crippen LogP contribution in [0.3, 0.4) is 0 Å². The molecule has 0 bridgehead atoms. The van der Waals surface area contributed by atoms with E-state index in [-0.39, 0.29) is 11.4 Å². The van der Waals surface area contributed by atoms with E-state index < -0.39 is 0 Å². The van der Waals surface area contributed by atoms with Gasteiger partial charge in [-0.1, -0.05) is 19.9 Å². The van der Waals surface area contributed by atoms with E-state index in [4.69, 9.17) is 15.2 Å². The Bertz CT molecular complexity index is 517. The van der Waals surface area contributed by atoms with Gasteiger partial charge in [0.2, 0.25) is 5.91 Å². The summed E-state index contributed by atoms with van der Waals surface area (Å²) < 4.78 is 10.5. The Labute approximate surface area is 139 Å². The first kappa shape index (κ1) is 19.3. The van der Waals surface area contributed by atoms with Crippen LogP contribution < -0.4 is 20.5 Å². The second kappa shape index (κ2) is 8.77. The number of carbonyl (C=O) groups is 1. The molecule has 1 aromatic rings. The van der Waals surface area contributed by atoms with E-state index in [1.54, 1.807) is 14.2 Å². The summed E-state index contributed by atoms with van der Waals surface area (Å²) in [5.74, 6) is 1.87. The summed E-state index contributed by atoms with van der Waals surface area (Å²) in [6.45, 7) is 6.70. The number of nitrogens with one attached hydrogen (secondary N) is 1. The van der Waals surface area contributed by atoms with Crippen LogP contribution in [-0.4, -0.2) is 32.2 Å². The number of benzene rings is 1. The highest BCUT2D eigenvalue weighted by Gasteiger charge is 2.25. The molecule has 5 nitrogen and oxygen atoms in total. The Hall–Kier alpha value is -1.75. The molecule has 1 rings (SSSR count). The molecule has 1 unspecified atom stereocenters. The predicted molar refractivity (Wildman–Crippen MR) is 92.9 cm³/mol. The van der Waals surface area contributed by atoms with Crippen LogP contribution in [0.2, 0.25) is 0 Å². The molecule has 1 aromatic carbocycles. The molecule has 0 aliphatic carbocycles. The number of nitrogens with two attached hydrogens (primary N) is 1. The van der Waals surface area contributed by atoms with Crippen molar-refractivity contribution in [1.29, 1.82) is 0 Å². The van der Waals surface area contributed by atoms with Gasteiger partial charge < -0.3 is 20.5 Å². The predicted octanol–water partition coefficient (Wildman–Crippen LogP) is 2.52. The van der Waals surface area contributed by atoms with Crippen LogP contribution in [0.25, 0.3) is 0 Å². The molecule has 5 heteroatoms. The molecular formula is C18H30N2O3. The Balaban J connectivity index is 2.62. The van der Waals surface area contributed by atoms with Crippen LogP contribution in [0.5, 0.6) is 11.5 Å².